The molecule has 1 N–H and O–H groups in total. The number of ether oxygens (including phenoxy) is 7. The predicted octanol–water partition coefficient (Wildman–Crippen LogP) is 18.2. The minimum absolute atomic E-state index is 0.253. The molecule has 0 amide bonds. The van der Waals surface area contributed by atoms with Gasteiger partial charge in [0.15, 0.2) is 23.0 Å². The number of hydrogen-bond acceptors (Lipinski definition) is 14. The lowest BCUT2D eigenvalue weighted by molar-refractivity contribution is 0.0592. The van der Waals surface area contributed by atoms with Crippen LogP contribution < -0.4 is 23.7 Å². The summed E-state index contributed by atoms with van der Waals surface area (Å²) in [4.78, 5) is 32.1. The minimum Gasteiger partial charge on any atom is -0.507 e. The molecular formula is C80H69BrN4O12. The van der Waals surface area contributed by atoms with Crippen LogP contribution in [0.1, 0.15) is 65.9 Å². The topological polar surface area (TPSA) is 181 Å². The molecule has 4 heterocycles. The Bertz CT molecular complexity index is 5060. The van der Waals surface area contributed by atoms with Crippen LogP contribution in [0, 0.1) is 13.8 Å². The van der Waals surface area contributed by atoms with Crippen molar-refractivity contribution in [2.45, 2.75) is 52.1 Å². The van der Waals surface area contributed by atoms with E-state index >= 15 is 0 Å². The van der Waals surface area contributed by atoms with Crippen LogP contribution in [0.15, 0.2) is 239 Å². The molecule has 0 spiro atoms. The summed E-state index contributed by atoms with van der Waals surface area (Å²) < 4.78 is 55.7. The summed E-state index contributed by atoms with van der Waals surface area (Å²) in [6.45, 7) is 5.90. The Morgan fingerprint density at radius 2 is 0.835 bits per heavy atom. The van der Waals surface area contributed by atoms with Gasteiger partial charge in [0.25, 0.3) is 0 Å². The summed E-state index contributed by atoms with van der Waals surface area (Å²) in [6.07, 6.45) is 0. The van der Waals surface area contributed by atoms with Gasteiger partial charge in [0.1, 0.15) is 54.2 Å². The number of para-hydroxylation sites is 2. The molecule has 0 unspecified atom stereocenters. The molecule has 0 atom stereocenters. The summed E-state index contributed by atoms with van der Waals surface area (Å²) in [5.41, 5.74) is 12.8. The molecule has 0 aliphatic heterocycles. The van der Waals surface area contributed by atoms with E-state index in [9.17, 15) is 14.7 Å². The van der Waals surface area contributed by atoms with Crippen molar-refractivity contribution in [3.63, 3.8) is 0 Å². The number of carbonyl (C=O) groups is 2. The highest BCUT2D eigenvalue weighted by Gasteiger charge is 2.20. The Hall–Kier alpha value is -11.6. The second kappa shape index (κ2) is 30.2. The van der Waals surface area contributed by atoms with Gasteiger partial charge in [0.2, 0.25) is 11.8 Å². The molecule has 0 fully saturated rings. The van der Waals surface area contributed by atoms with Crippen LogP contribution in [0.25, 0.3) is 66.5 Å². The Kier molecular flexibility index (Phi) is 20.4. The summed E-state index contributed by atoms with van der Waals surface area (Å²) >= 11 is 3.32. The van der Waals surface area contributed by atoms with Gasteiger partial charge >= 0.3 is 11.9 Å². The highest BCUT2D eigenvalue weighted by Crippen LogP contribution is 2.40. The Balaban J connectivity index is 0.000000161. The van der Waals surface area contributed by atoms with Crippen LogP contribution in [-0.2, 0) is 47.7 Å². The monoisotopic (exact) mass is 1360 g/mol. The molecule has 0 aliphatic rings. The minimum atomic E-state index is -0.362. The van der Waals surface area contributed by atoms with Gasteiger partial charge in [-0.3, -0.25) is 0 Å². The molecule has 4 aromatic heterocycles. The van der Waals surface area contributed by atoms with Gasteiger partial charge < -0.3 is 56.2 Å². The van der Waals surface area contributed by atoms with Crippen LogP contribution in [0.4, 0.5) is 0 Å². The molecule has 0 radical (unpaired) electrons. The Labute approximate surface area is 568 Å². The highest BCUT2D eigenvalue weighted by atomic mass is 79.9. The number of methoxy groups -OCH3 is 4. The van der Waals surface area contributed by atoms with Gasteiger partial charge in [-0.25, -0.2) is 19.6 Å². The number of phenols is 1. The Morgan fingerprint density at radius 1 is 0.423 bits per heavy atom. The van der Waals surface area contributed by atoms with Crippen molar-refractivity contribution >= 4 is 71.5 Å². The van der Waals surface area contributed by atoms with E-state index in [2.05, 4.69) is 70.1 Å². The average molecular weight is 1360 g/mol. The molecule has 0 bridgehead atoms. The van der Waals surface area contributed by atoms with Crippen molar-refractivity contribution in [1.82, 2.24) is 19.1 Å². The number of esters is 2. The fourth-order valence-electron chi connectivity index (χ4n) is 11.5. The maximum absolute atomic E-state index is 11.8. The van der Waals surface area contributed by atoms with E-state index in [1.165, 1.54) is 14.2 Å². The van der Waals surface area contributed by atoms with E-state index in [4.69, 9.17) is 37.3 Å². The van der Waals surface area contributed by atoms with Crippen LogP contribution >= 0.6 is 15.9 Å². The van der Waals surface area contributed by atoms with E-state index in [0.717, 1.165) is 111 Å². The first kappa shape index (κ1) is 65.5. The lowest BCUT2D eigenvalue weighted by atomic mass is 10.1. The lowest BCUT2D eigenvalue weighted by Crippen LogP contribution is -2.03. The van der Waals surface area contributed by atoms with Gasteiger partial charge in [-0.15, -0.1) is 0 Å². The number of benzene rings is 10. The smallest absolute Gasteiger partial charge is 0.337 e. The normalized spacial score (nSPS) is 11.0. The zero-order valence-electron chi connectivity index (χ0n) is 54.3. The number of nitrogens with zero attached hydrogens (tertiary/aromatic N) is 4. The lowest BCUT2D eigenvalue weighted by Gasteiger charge is -2.13. The van der Waals surface area contributed by atoms with Crippen molar-refractivity contribution in [3.05, 3.63) is 287 Å². The van der Waals surface area contributed by atoms with Gasteiger partial charge in [-0.2, -0.15) is 0 Å². The molecule has 14 rings (SSSR count). The molecule has 16 nitrogen and oxygen atoms in total. The van der Waals surface area contributed by atoms with Gasteiger partial charge in [0, 0.05) is 62.1 Å². The van der Waals surface area contributed by atoms with Crippen molar-refractivity contribution in [2.24, 2.45) is 0 Å². The third-order valence-corrected chi connectivity index (χ3v) is 17.2. The average Bonchev–Trinajstić information content (AvgIpc) is 1.61. The zero-order chi connectivity index (χ0) is 67.4. The first-order valence-corrected chi connectivity index (χ1v) is 32.4. The number of hydrogen-bond donors (Lipinski definition) is 1. The van der Waals surface area contributed by atoms with Crippen LogP contribution in [0.2, 0.25) is 0 Å². The number of halogens is 1. The number of aromatic hydroxyl groups is 1. The summed E-state index contributed by atoms with van der Waals surface area (Å²) in [7, 11) is 6.04. The number of oxazole rings is 2. The molecular weight excluding hydrogens is 1290 g/mol. The molecule has 0 saturated heterocycles. The largest absolute Gasteiger partial charge is 0.507 e. The van der Waals surface area contributed by atoms with Gasteiger partial charge in [0.05, 0.1) is 50.6 Å². The first-order chi connectivity index (χ1) is 47.4. The fourth-order valence-corrected chi connectivity index (χ4v) is 11.9. The van der Waals surface area contributed by atoms with E-state index in [-0.39, 0.29) is 30.9 Å². The third-order valence-electron chi connectivity index (χ3n) is 16.5. The van der Waals surface area contributed by atoms with Crippen molar-refractivity contribution in [2.75, 3.05) is 28.4 Å². The maximum Gasteiger partial charge on any atom is 0.337 e. The summed E-state index contributed by atoms with van der Waals surface area (Å²) in [5, 5.41) is 15.4. The van der Waals surface area contributed by atoms with Crippen LogP contribution in [0.5, 0.6) is 34.5 Å². The number of rotatable bonds is 20. The zero-order valence-corrected chi connectivity index (χ0v) is 55.9. The van der Waals surface area contributed by atoms with Crippen LogP contribution in [-0.4, -0.2) is 64.6 Å². The number of aromatic nitrogens is 4. The molecule has 97 heavy (non-hydrogen) atoms. The number of phenolic OH excluding ortho intramolecular Hbond substituents is 1. The van der Waals surface area contributed by atoms with E-state index in [0.29, 0.717) is 65.6 Å². The van der Waals surface area contributed by atoms with Crippen molar-refractivity contribution < 1.29 is 56.7 Å². The first-order valence-electron chi connectivity index (χ1n) is 31.3. The number of alkyl halides is 1. The summed E-state index contributed by atoms with van der Waals surface area (Å²) in [5.74, 6) is 5.56. The van der Waals surface area contributed by atoms with Crippen molar-refractivity contribution in [1.29, 1.82) is 0 Å². The van der Waals surface area contributed by atoms with E-state index in [1.54, 1.807) is 44.6 Å². The SMILES string of the molecule is COC(=O)c1ccc(CBr)cc1.COC(=O)c1ccc(COc2cccc3c2c2ccccc2n3Cc2ccc(OCc3nc(-c4ccccc4)oc3C)c(OC)c2)cc1.COc1cc(Cn2c3ccccc3c3c(O)cccc32)ccc1OCc1nc(-c2ccccc2)oc1C. The Morgan fingerprint density at radius 3 is 1.31 bits per heavy atom. The quantitative estimate of drug-likeness (QED) is 0.0562. The van der Waals surface area contributed by atoms with Gasteiger partial charge in [-0.05, 0) is 145 Å². The molecule has 10 aromatic carbocycles. The number of carbonyl (C=O) groups excluding carboxylic acids is 2. The van der Waals surface area contributed by atoms with Crippen molar-refractivity contribution in [3.8, 4) is 57.4 Å². The fraction of sp³-hybridized carbons (Fsp3) is 0.150. The van der Waals surface area contributed by atoms with Crippen LogP contribution in [0.3, 0.4) is 0 Å². The highest BCUT2D eigenvalue weighted by molar-refractivity contribution is 9.08. The number of aryl methyl sites for hydroxylation is 2. The molecule has 17 heteroatoms. The third kappa shape index (κ3) is 14.7. The second-order valence-electron chi connectivity index (χ2n) is 22.7. The second-order valence-corrected chi connectivity index (χ2v) is 23.2. The standard InChI is InChI=1S/C40H34N2O6.C31H26N2O4.C9H9BrO2/c1-26-32(41-39(48-26)29-10-5-4-6-11-29)25-47-35-21-18-28(22-37(35)44-2)23-42-33-13-8-7-12-31(33)38-34(42)14-9-15-36(38)46-24-27-16-19-30(20-17-27)40(43)45-3;1-20-24(32-31(37-20)22-9-4-3-5-10-22)19-36-28-16-15-21(17-29(28)35-2)18-33-25-12-7-6-11-23(25)30-26(33)13-8-14-27(30)34;1-12-9(11)8-4-2-7(6-10)3-5-8/h4-22H,23-25H2,1-3H3;3-17,34H,18-19H2,1-2H3;2-5H,6H2,1H3. The molecule has 0 aliphatic carbocycles. The maximum atomic E-state index is 11.8. The summed E-state index contributed by atoms with van der Waals surface area (Å²) in [6, 6.07) is 74.4. The van der Waals surface area contributed by atoms with E-state index in [1.807, 2.05) is 184 Å². The molecule has 14 aromatic rings. The molecule has 488 valence electrons. The predicted molar refractivity (Wildman–Crippen MR) is 379 cm³/mol. The number of fused-ring (bicyclic) bond motifs is 6. The molecule has 0 saturated carbocycles. The van der Waals surface area contributed by atoms with Gasteiger partial charge in [-0.1, -0.05) is 137 Å². The van der Waals surface area contributed by atoms with E-state index < -0.39 is 0 Å².